The maximum Gasteiger partial charge on any atom is 0.238 e. The van der Waals surface area contributed by atoms with Crippen molar-refractivity contribution in [1.29, 1.82) is 0 Å². The SMILES string of the molecule is CC1COC(CO)CN1CC(=O)Nc1ccccc1F. The summed E-state index contributed by atoms with van der Waals surface area (Å²) in [5.74, 6) is -0.732. The lowest BCUT2D eigenvalue weighted by Crippen LogP contribution is -2.51. The van der Waals surface area contributed by atoms with E-state index < -0.39 is 5.82 Å². The van der Waals surface area contributed by atoms with Crippen molar-refractivity contribution in [3.05, 3.63) is 30.1 Å². The number of rotatable bonds is 4. The number of para-hydroxylation sites is 1. The highest BCUT2D eigenvalue weighted by molar-refractivity contribution is 5.92. The summed E-state index contributed by atoms with van der Waals surface area (Å²) in [6.07, 6.45) is -0.271. The molecule has 1 aliphatic rings. The molecule has 1 aromatic rings. The van der Waals surface area contributed by atoms with E-state index in [4.69, 9.17) is 9.84 Å². The third-order valence-electron chi connectivity index (χ3n) is 3.33. The van der Waals surface area contributed by atoms with Crippen LogP contribution in [-0.4, -0.2) is 54.4 Å². The number of nitrogens with one attached hydrogen (secondary N) is 1. The van der Waals surface area contributed by atoms with Gasteiger partial charge in [-0.2, -0.15) is 0 Å². The summed E-state index contributed by atoms with van der Waals surface area (Å²) in [5.41, 5.74) is 0.178. The highest BCUT2D eigenvalue weighted by Gasteiger charge is 2.27. The Bertz CT molecular complexity index is 469. The van der Waals surface area contributed by atoms with Crippen molar-refractivity contribution in [2.75, 3.05) is 31.6 Å². The normalized spacial score (nSPS) is 23.6. The minimum atomic E-state index is -0.455. The molecular weight excluding hydrogens is 263 g/mol. The summed E-state index contributed by atoms with van der Waals surface area (Å²) in [5, 5.41) is 11.7. The van der Waals surface area contributed by atoms with Crippen molar-refractivity contribution in [2.45, 2.75) is 19.1 Å². The summed E-state index contributed by atoms with van der Waals surface area (Å²) < 4.78 is 18.8. The van der Waals surface area contributed by atoms with Crippen LogP contribution in [0.1, 0.15) is 6.92 Å². The lowest BCUT2D eigenvalue weighted by Gasteiger charge is -2.36. The first-order chi connectivity index (χ1) is 9.60. The van der Waals surface area contributed by atoms with Crippen LogP contribution in [0, 0.1) is 5.82 Å². The molecule has 1 saturated heterocycles. The predicted molar refractivity (Wildman–Crippen MR) is 72.9 cm³/mol. The smallest absolute Gasteiger partial charge is 0.238 e. The second-order valence-corrected chi connectivity index (χ2v) is 4.94. The van der Waals surface area contributed by atoms with Crippen molar-refractivity contribution >= 4 is 11.6 Å². The van der Waals surface area contributed by atoms with Gasteiger partial charge in [0.15, 0.2) is 0 Å². The summed E-state index contributed by atoms with van der Waals surface area (Å²) in [7, 11) is 0. The summed E-state index contributed by atoms with van der Waals surface area (Å²) in [6, 6.07) is 6.14. The van der Waals surface area contributed by atoms with E-state index in [9.17, 15) is 9.18 Å². The van der Waals surface area contributed by atoms with Gasteiger partial charge in [-0.05, 0) is 19.1 Å². The van der Waals surface area contributed by atoms with Crippen molar-refractivity contribution in [1.82, 2.24) is 4.90 Å². The van der Waals surface area contributed by atoms with Gasteiger partial charge >= 0.3 is 0 Å². The van der Waals surface area contributed by atoms with Crippen LogP contribution in [0.15, 0.2) is 24.3 Å². The first-order valence-corrected chi connectivity index (χ1v) is 6.61. The number of halogens is 1. The predicted octanol–water partition coefficient (Wildman–Crippen LogP) is 0.846. The fraction of sp³-hybridized carbons (Fsp3) is 0.500. The van der Waals surface area contributed by atoms with Gasteiger partial charge in [-0.25, -0.2) is 4.39 Å². The summed E-state index contributed by atoms with van der Waals surface area (Å²) >= 11 is 0. The van der Waals surface area contributed by atoms with Crippen LogP contribution in [0.4, 0.5) is 10.1 Å². The molecule has 2 atom stereocenters. The molecule has 2 unspecified atom stereocenters. The van der Waals surface area contributed by atoms with Crippen molar-refractivity contribution in [3.8, 4) is 0 Å². The quantitative estimate of drug-likeness (QED) is 0.859. The average Bonchev–Trinajstić information content (AvgIpc) is 2.44. The molecule has 0 saturated carbocycles. The molecule has 1 aliphatic heterocycles. The Labute approximate surface area is 117 Å². The van der Waals surface area contributed by atoms with Gasteiger partial charge in [0.25, 0.3) is 0 Å². The van der Waals surface area contributed by atoms with E-state index in [1.165, 1.54) is 12.1 Å². The van der Waals surface area contributed by atoms with E-state index >= 15 is 0 Å². The van der Waals surface area contributed by atoms with E-state index in [1.54, 1.807) is 12.1 Å². The van der Waals surface area contributed by atoms with Gasteiger partial charge in [0.05, 0.1) is 31.5 Å². The lowest BCUT2D eigenvalue weighted by molar-refractivity contribution is -0.122. The van der Waals surface area contributed by atoms with Gasteiger partial charge in [-0.3, -0.25) is 9.69 Å². The number of aliphatic hydroxyl groups is 1. The number of amides is 1. The van der Waals surface area contributed by atoms with E-state index in [0.717, 1.165) is 0 Å². The number of hydrogen-bond donors (Lipinski definition) is 2. The Morgan fingerprint density at radius 1 is 1.55 bits per heavy atom. The Balaban J connectivity index is 1.92. The third kappa shape index (κ3) is 3.75. The molecule has 0 aromatic heterocycles. The number of benzene rings is 1. The van der Waals surface area contributed by atoms with Crippen LogP contribution in [0.5, 0.6) is 0 Å². The zero-order valence-electron chi connectivity index (χ0n) is 11.4. The van der Waals surface area contributed by atoms with E-state index in [-0.39, 0.29) is 36.9 Å². The maximum atomic E-state index is 13.4. The summed E-state index contributed by atoms with van der Waals surface area (Å²) in [6.45, 7) is 2.98. The number of nitrogens with zero attached hydrogens (tertiary/aromatic N) is 1. The molecule has 2 N–H and O–H groups in total. The van der Waals surface area contributed by atoms with Crippen LogP contribution < -0.4 is 5.32 Å². The molecule has 1 fully saturated rings. The standard InChI is InChI=1S/C14H19FN2O3/c1-10-9-20-11(8-18)6-17(10)7-14(19)16-13-5-3-2-4-12(13)15/h2-5,10-11,18H,6-9H2,1H3,(H,16,19). The Kier molecular flexibility index (Phi) is 5.05. The Hall–Kier alpha value is -1.50. The molecular formula is C14H19FN2O3. The maximum absolute atomic E-state index is 13.4. The second-order valence-electron chi connectivity index (χ2n) is 4.94. The zero-order valence-corrected chi connectivity index (χ0v) is 11.4. The van der Waals surface area contributed by atoms with Crippen molar-refractivity contribution in [2.24, 2.45) is 0 Å². The number of hydrogen-bond acceptors (Lipinski definition) is 4. The number of morpholine rings is 1. The summed E-state index contributed by atoms with van der Waals surface area (Å²) in [4.78, 5) is 13.9. The van der Waals surface area contributed by atoms with Gasteiger partial charge in [-0.1, -0.05) is 12.1 Å². The highest BCUT2D eigenvalue weighted by atomic mass is 19.1. The molecule has 0 aliphatic carbocycles. The minimum Gasteiger partial charge on any atom is -0.394 e. The second kappa shape index (κ2) is 6.78. The zero-order chi connectivity index (χ0) is 14.5. The first-order valence-electron chi connectivity index (χ1n) is 6.61. The fourth-order valence-electron chi connectivity index (χ4n) is 2.14. The first kappa shape index (κ1) is 14.9. The van der Waals surface area contributed by atoms with Gasteiger partial charge in [0.1, 0.15) is 5.82 Å². The van der Waals surface area contributed by atoms with Crippen LogP contribution in [0.2, 0.25) is 0 Å². The minimum absolute atomic E-state index is 0.0713. The van der Waals surface area contributed by atoms with E-state index in [2.05, 4.69) is 5.32 Å². The van der Waals surface area contributed by atoms with Crippen molar-refractivity contribution in [3.63, 3.8) is 0 Å². The molecule has 0 spiro atoms. The molecule has 1 aromatic carbocycles. The molecule has 1 heterocycles. The third-order valence-corrected chi connectivity index (χ3v) is 3.33. The molecule has 2 rings (SSSR count). The number of ether oxygens (including phenoxy) is 1. The van der Waals surface area contributed by atoms with Crippen LogP contribution in [-0.2, 0) is 9.53 Å². The Morgan fingerprint density at radius 2 is 2.30 bits per heavy atom. The molecule has 0 bridgehead atoms. The van der Waals surface area contributed by atoms with Gasteiger partial charge in [0, 0.05) is 12.6 Å². The molecule has 110 valence electrons. The lowest BCUT2D eigenvalue weighted by atomic mass is 10.2. The van der Waals surface area contributed by atoms with Crippen LogP contribution in [0.25, 0.3) is 0 Å². The topological polar surface area (TPSA) is 61.8 Å². The van der Waals surface area contributed by atoms with Gasteiger partial charge in [-0.15, -0.1) is 0 Å². The molecule has 5 nitrogen and oxygen atoms in total. The monoisotopic (exact) mass is 282 g/mol. The number of carbonyl (C=O) groups is 1. The van der Waals surface area contributed by atoms with E-state index in [0.29, 0.717) is 13.2 Å². The average molecular weight is 282 g/mol. The molecule has 1 amide bonds. The number of aliphatic hydroxyl groups excluding tert-OH is 1. The largest absolute Gasteiger partial charge is 0.394 e. The Morgan fingerprint density at radius 3 is 3.00 bits per heavy atom. The fourth-order valence-corrected chi connectivity index (χ4v) is 2.14. The van der Waals surface area contributed by atoms with Crippen LogP contribution >= 0.6 is 0 Å². The van der Waals surface area contributed by atoms with Gasteiger partial charge < -0.3 is 15.2 Å². The highest BCUT2D eigenvalue weighted by Crippen LogP contribution is 2.14. The number of carbonyl (C=O) groups excluding carboxylic acids is 1. The van der Waals surface area contributed by atoms with E-state index in [1.807, 2.05) is 11.8 Å². The molecule has 20 heavy (non-hydrogen) atoms. The van der Waals surface area contributed by atoms with Gasteiger partial charge in [0.2, 0.25) is 5.91 Å². The molecule has 6 heteroatoms. The van der Waals surface area contributed by atoms with Crippen LogP contribution in [0.3, 0.4) is 0 Å². The molecule has 0 radical (unpaired) electrons. The van der Waals surface area contributed by atoms with Crippen molar-refractivity contribution < 1.29 is 19.0 Å². The number of anilines is 1.